The second kappa shape index (κ2) is 10.1. The second-order valence-corrected chi connectivity index (χ2v) is 8.27. The van der Waals surface area contributed by atoms with E-state index in [9.17, 15) is 9.18 Å². The lowest BCUT2D eigenvalue weighted by molar-refractivity contribution is -0.125. The van der Waals surface area contributed by atoms with Crippen LogP contribution in [0.4, 0.5) is 4.39 Å². The minimum absolute atomic E-state index is 0.0453. The van der Waals surface area contributed by atoms with E-state index in [2.05, 4.69) is 40.4 Å². The molecule has 3 aliphatic rings. The van der Waals surface area contributed by atoms with Crippen molar-refractivity contribution in [3.8, 4) is 0 Å². The first-order valence-electron chi connectivity index (χ1n) is 10.7. The summed E-state index contributed by atoms with van der Waals surface area (Å²) in [5, 5.41) is 8.41. The van der Waals surface area contributed by atoms with Crippen molar-refractivity contribution in [3.63, 3.8) is 0 Å². The number of hydrogen-bond acceptors (Lipinski definition) is 6. The van der Waals surface area contributed by atoms with Crippen LogP contribution in [0.3, 0.4) is 0 Å². The van der Waals surface area contributed by atoms with Crippen molar-refractivity contribution >= 4 is 5.91 Å². The van der Waals surface area contributed by atoms with Gasteiger partial charge in [0.2, 0.25) is 5.91 Å². The van der Waals surface area contributed by atoms with E-state index in [-0.39, 0.29) is 24.0 Å². The number of amides is 1. The molecule has 0 radical (unpaired) electrons. The SMILES string of the molecule is CCCC(CC)CN1CC(NC(=O)C2CC(C3CCNCC3F)ON2)CN1. The summed E-state index contributed by atoms with van der Waals surface area (Å²) >= 11 is 0. The molecule has 3 saturated heterocycles. The van der Waals surface area contributed by atoms with Crippen molar-refractivity contribution in [2.75, 3.05) is 32.7 Å². The molecule has 3 rings (SSSR count). The van der Waals surface area contributed by atoms with Gasteiger partial charge in [-0.15, -0.1) is 0 Å². The van der Waals surface area contributed by atoms with Crippen molar-refractivity contribution in [1.29, 1.82) is 0 Å². The Balaban J connectivity index is 1.41. The van der Waals surface area contributed by atoms with E-state index >= 15 is 0 Å². The van der Waals surface area contributed by atoms with Gasteiger partial charge in [-0.05, 0) is 25.3 Å². The van der Waals surface area contributed by atoms with Gasteiger partial charge in [-0.3, -0.25) is 15.1 Å². The second-order valence-electron chi connectivity index (χ2n) is 8.27. The lowest BCUT2D eigenvalue weighted by Crippen LogP contribution is -2.47. The summed E-state index contributed by atoms with van der Waals surface area (Å²) in [6.45, 7) is 8.25. The predicted octanol–water partition coefficient (Wildman–Crippen LogP) is 0.727. The molecule has 0 aliphatic carbocycles. The molecule has 1 amide bonds. The summed E-state index contributed by atoms with van der Waals surface area (Å²) < 4.78 is 14.1. The van der Waals surface area contributed by atoms with Gasteiger partial charge in [0.15, 0.2) is 0 Å². The van der Waals surface area contributed by atoms with Crippen molar-refractivity contribution in [2.24, 2.45) is 11.8 Å². The summed E-state index contributed by atoms with van der Waals surface area (Å²) in [6, 6.07) is -0.292. The van der Waals surface area contributed by atoms with Gasteiger partial charge in [-0.1, -0.05) is 26.7 Å². The average Bonchev–Trinajstić information content (AvgIpc) is 3.31. The maximum absolute atomic E-state index is 14.1. The van der Waals surface area contributed by atoms with E-state index in [1.165, 1.54) is 19.3 Å². The molecule has 3 fully saturated rings. The number of hydrogen-bond donors (Lipinski definition) is 4. The Morgan fingerprint density at radius 2 is 2.22 bits per heavy atom. The first-order valence-corrected chi connectivity index (χ1v) is 10.7. The van der Waals surface area contributed by atoms with Gasteiger partial charge in [0.25, 0.3) is 0 Å². The largest absolute Gasteiger partial charge is 0.349 e. The molecule has 0 spiro atoms. The number of halogens is 1. The van der Waals surface area contributed by atoms with Crippen LogP contribution in [0.15, 0.2) is 0 Å². The van der Waals surface area contributed by atoms with Crippen LogP contribution in [0.5, 0.6) is 0 Å². The van der Waals surface area contributed by atoms with Gasteiger partial charge in [0.05, 0.1) is 12.1 Å². The molecule has 3 aliphatic heterocycles. The Hall–Kier alpha value is -0.800. The van der Waals surface area contributed by atoms with Gasteiger partial charge < -0.3 is 10.6 Å². The lowest BCUT2D eigenvalue weighted by Gasteiger charge is -2.29. The minimum atomic E-state index is -0.908. The zero-order chi connectivity index (χ0) is 19.2. The summed E-state index contributed by atoms with van der Waals surface area (Å²) in [4.78, 5) is 18.2. The highest BCUT2D eigenvalue weighted by Gasteiger charge is 2.40. The third-order valence-corrected chi connectivity index (χ3v) is 6.18. The van der Waals surface area contributed by atoms with Gasteiger partial charge in [-0.25, -0.2) is 9.40 Å². The molecule has 6 unspecified atom stereocenters. The quantitative estimate of drug-likeness (QED) is 0.493. The molecule has 0 aromatic carbocycles. The van der Waals surface area contributed by atoms with Crippen LogP contribution in [0, 0.1) is 11.8 Å². The smallest absolute Gasteiger partial charge is 0.239 e. The summed E-state index contributed by atoms with van der Waals surface area (Å²) in [7, 11) is 0. The summed E-state index contributed by atoms with van der Waals surface area (Å²) in [5.41, 5.74) is 6.24. The molecule has 0 aromatic heterocycles. The van der Waals surface area contributed by atoms with Crippen LogP contribution in [0.2, 0.25) is 0 Å². The molecule has 6 atom stereocenters. The number of nitrogens with one attached hydrogen (secondary N) is 4. The Morgan fingerprint density at radius 3 is 2.96 bits per heavy atom. The number of hydroxylamine groups is 1. The van der Waals surface area contributed by atoms with E-state index in [0.717, 1.165) is 32.6 Å². The predicted molar refractivity (Wildman–Crippen MR) is 102 cm³/mol. The van der Waals surface area contributed by atoms with Crippen LogP contribution in [-0.2, 0) is 9.63 Å². The standard InChI is InChI=1S/C19H36FN5O2/c1-3-5-13(4-2)11-25-12-14(9-22-25)23-19(26)17-8-18(27-24-17)15-6-7-21-10-16(15)20/h13-18,21-22,24H,3-12H2,1-2H3,(H,23,26). The molecule has 7 nitrogen and oxygen atoms in total. The average molecular weight is 386 g/mol. The van der Waals surface area contributed by atoms with Crippen LogP contribution in [0.25, 0.3) is 0 Å². The number of carbonyl (C=O) groups excluding carboxylic acids is 1. The van der Waals surface area contributed by atoms with Gasteiger partial charge in [0.1, 0.15) is 12.2 Å². The summed E-state index contributed by atoms with van der Waals surface area (Å²) in [6.07, 6.45) is 3.78. The van der Waals surface area contributed by atoms with E-state index in [4.69, 9.17) is 4.84 Å². The normalized spacial score (nSPS) is 36.0. The third kappa shape index (κ3) is 5.60. The van der Waals surface area contributed by atoms with Crippen molar-refractivity contribution in [2.45, 2.75) is 70.3 Å². The maximum Gasteiger partial charge on any atom is 0.239 e. The highest BCUT2D eigenvalue weighted by molar-refractivity contribution is 5.82. The number of hydrazine groups is 1. The number of nitrogens with zero attached hydrogens (tertiary/aromatic N) is 1. The number of piperidine rings is 1. The molecule has 0 saturated carbocycles. The summed E-state index contributed by atoms with van der Waals surface area (Å²) in [5.74, 6) is 0.516. The Kier molecular flexibility index (Phi) is 7.84. The van der Waals surface area contributed by atoms with E-state index in [0.29, 0.717) is 18.9 Å². The van der Waals surface area contributed by atoms with Gasteiger partial charge in [0, 0.05) is 38.5 Å². The molecule has 156 valence electrons. The molecule has 4 N–H and O–H groups in total. The first-order chi connectivity index (χ1) is 13.1. The van der Waals surface area contributed by atoms with Crippen LogP contribution >= 0.6 is 0 Å². The molecule has 0 aromatic rings. The van der Waals surface area contributed by atoms with Crippen LogP contribution in [-0.4, -0.2) is 68.0 Å². The van der Waals surface area contributed by atoms with Crippen LogP contribution in [0.1, 0.15) is 46.0 Å². The van der Waals surface area contributed by atoms with Crippen molar-refractivity contribution in [3.05, 3.63) is 0 Å². The van der Waals surface area contributed by atoms with Gasteiger partial charge >= 0.3 is 0 Å². The molecule has 3 heterocycles. The zero-order valence-electron chi connectivity index (χ0n) is 16.7. The fraction of sp³-hybridized carbons (Fsp3) is 0.947. The lowest BCUT2D eigenvalue weighted by atomic mass is 9.88. The minimum Gasteiger partial charge on any atom is -0.349 e. The first kappa shape index (κ1) is 20.9. The van der Waals surface area contributed by atoms with Crippen LogP contribution < -0.4 is 21.5 Å². The van der Waals surface area contributed by atoms with E-state index in [1.54, 1.807) is 0 Å². The maximum atomic E-state index is 14.1. The monoisotopic (exact) mass is 385 g/mol. The third-order valence-electron chi connectivity index (χ3n) is 6.18. The number of rotatable bonds is 8. The molecule has 27 heavy (non-hydrogen) atoms. The van der Waals surface area contributed by atoms with Gasteiger partial charge in [-0.2, -0.15) is 5.48 Å². The zero-order valence-corrected chi connectivity index (χ0v) is 16.7. The topological polar surface area (TPSA) is 77.7 Å². The van der Waals surface area contributed by atoms with E-state index < -0.39 is 12.2 Å². The highest BCUT2D eigenvalue weighted by Crippen LogP contribution is 2.28. The Bertz CT molecular complexity index is 483. The Labute approximate surface area is 162 Å². The van der Waals surface area contributed by atoms with E-state index in [1.807, 2.05) is 0 Å². The molecular formula is C19H36FN5O2. The fourth-order valence-corrected chi connectivity index (χ4v) is 4.50. The molecular weight excluding hydrogens is 349 g/mol. The highest BCUT2D eigenvalue weighted by atomic mass is 19.1. The molecule has 0 bridgehead atoms. The Morgan fingerprint density at radius 1 is 1.37 bits per heavy atom. The number of carbonyl (C=O) groups is 1. The fourth-order valence-electron chi connectivity index (χ4n) is 4.50. The molecule has 8 heteroatoms. The van der Waals surface area contributed by atoms with Crippen molar-refractivity contribution < 1.29 is 14.0 Å². The number of alkyl halides is 1. The van der Waals surface area contributed by atoms with Crippen molar-refractivity contribution in [1.82, 2.24) is 26.5 Å².